The lowest BCUT2D eigenvalue weighted by Gasteiger charge is -2.08. The summed E-state index contributed by atoms with van der Waals surface area (Å²) in [6.45, 7) is -0.301. The largest absolute Gasteiger partial charge is 0.484 e. The van der Waals surface area contributed by atoms with E-state index >= 15 is 0 Å². The van der Waals surface area contributed by atoms with Gasteiger partial charge < -0.3 is 9.84 Å². The molecule has 1 aromatic heterocycles. The van der Waals surface area contributed by atoms with Crippen LogP contribution < -0.4 is 4.74 Å². The normalized spacial score (nSPS) is 10.2. The van der Waals surface area contributed by atoms with Crippen molar-refractivity contribution in [2.45, 2.75) is 6.61 Å². The van der Waals surface area contributed by atoms with Gasteiger partial charge in [0, 0.05) is 6.20 Å². The highest BCUT2D eigenvalue weighted by atomic mass is 19.2. The summed E-state index contributed by atoms with van der Waals surface area (Å²) in [5, 5.41) is 8.89. The van der Waals surface area contributed by atoms with Crippen LogP contribution in [0.2, 0.25) is 0 Å². The molecule has 0 saturated heterocycles. The minimum atomic E-state index is -1.22. The number of hydrogen-bond acceptors (Lipinski definition) is 4. The third kappa shape index (κ3) is 2.82. The van der Waals surface area contributed by atoms with Gasteiger partial charge in [-0.05, 0) is 12.1 Å². The van der Waals surface area contributed by atoms with Crippen LogP contribution in [-0.2, 0) is 6.61 Å². The van der Waals surface area contributed by atoms with Crippen LogP contribution >= 0.6 is 0 Å². The molecular formula is C12H8F2N2O3. The SMILES string of the molecule is O=C(O)c1cncnc1COc1cccc(F)c1F. The summed E-state index contributed by atoms with van der Waals surface area (Å²) in [7, 11) is 0. The zero-order chi connectivity index (χ0) is 13.8. The van der Waals surface area contributed by atoms with E-state index in [0.29, 0.717) is 0 Å². The topological polar surface area (TPSA) is 72.3 Å². The first kappa shape index (κ1) is 12.9. The molecule has 1 heterocycles. The van der Waals surface area contributed by atoms with E-state index in [9.17, 15) is 13.6 Å². The molecule has 0 fully saturated rings. The van der Waals surface area contributed by atoms with Gasteiger partial charge in [-0.25, -0.2) is 19.2 Å². The summed E-state index contributed by atoms with van der Waals surface area (Å²) >= 11 is 0. The Morgan fingerprint density at radius 2 is 2.16 bits per heavy atom. The summed E-state index contributed by atoms with van der Waals surface area (Å²) in [6, 6.07) is 3.47. The predicted molar refractivity (Wildman–Crippen MR) is 59.7 cm³/mol. The molecule has 0 amide bonds. The fourth-order valence-electron chi connectivity index (χ4n) is 1.39. The number of nitrogens with zero attached hydrogens (tertiary/aromatic N) is 2. The van der Waals surface area contributed by atoms with Crippen LogP contribution in [0.15, 0.2) is 30.7 Å². The average Bonchev–Trinajstić information content (AvgIpc) is 2.40. The smallest absolute Gasteiger partial charge is 0.339 e. The van der Waals surface area contributed by atoms with Crippen molar-refractivity contribution < 1.29 is 23.4 Å². The maximum Gasteiger partial charge on any atom is 0.339 e. The Kier molecular flexibility index (Phi) is 3.65. The van der Waals surface area contributed by atoms with Crippen LogP contribution in [0, 0.1) is 11.6 Å². The van der Waals surface area contributed by atoms with Gasteiger partial charge in [0.2, 0.25) is 5.82 Å². The molecule has 2 rings (SSSR count). The molecule has 0 aliphatic carbocycles. The van der Waals surface area contributed by atoms with E-state index in [1.54, 1.807) is 0 Å². The van der Waals surface area contributed by atoms with Crippen molar-refractivity contribution in [1.82, 2.24) is 9.97 Å². The fraction of sp³-hybridized carbons (Fsp3) is 0.0833. The molecule has 0 saturated carbocycles. The lowest BCUT2D eigenvalue weighted by Crippen LogP contribution is -2.09. The predicted octanol–water partition coefficient (Wildman–Crippen LogP) is 2.03. The van der Waals surface area contributed by atoms with Gasteiger partial charge in [-0.15, -0.1) is 0 Å². The lowest BCUT2D eigenvalue weighted by atomic mass is 10.2. The van der Waals surface area contributed by atoms with E-state index in [-0.39, 0.29) is 23.6 Å². The molecule has 0 bridgehead atoms. The van der Waals surface area contributed by atoms with Gasteiger partial charge in [-0.3, -0.25) is 0 Å². The minimum absolute atomic E-state index is 0.0751. The van der Waals surface area contributed by atoms with E-state index in [1.165, 1.54) is 12.1 Å². The summed E-state index contributed by atoms with van der Waals surface area (Å²) in [6.07, 6.45) is 2.25. The Morgan fingerprint density at radius 1 is 1.37 bits per heavy atom. The van der Waals surface area contributed by atoms with Gasteiger partial charge in [-0.1, -0.05) is 6.07 Å². The molecule has 19 heavy (non-hydrogen) atoms. The van der Waals surface area contributed by atoms with Crippen molar-refractivity contribution in [3.63, 3.8) is 0 Å². The standard InChI is InChI=1S/C12H8F2N2O3/c13-8-2-1-3-10(11(8)14)19-5-9-7(12(17)18)4-15-6-16-9/h1-4,6H,5H2,(H,17,18). The van der Waals surface area contributed by atoms with E-state index in [0.717, 1.165) is 18.6 Å². The van der Waals surface area contributed by atoms with Crippen molar-refractivity contribution >= 4 is 5.97 Å². The van der Waals surface area contributed by atoms with Crippen LogP contribution in [0.25, 0.3) is 0 Å². The molecule has 0 unspecified atom stereocenters. The minimum Gasteiger partial charge on any atom is -0.484 e. The summed E-state index contributed by atoms with van der Waals surface area (Å²) in [5.74, 6) is -3.71. The Labute approximate surface area is 106 Å². The number of aromatic nitrogens is 2. The van der Waals surface area contributed by atoms with E-state index in [1.807, 2.05) is 0 Å². The maximum atomic E-state index is 13.3. The number of hydrogen-bond donors (Lipinski definition) is 1. The Bertz CT molecular complexity index is 620. The second-order valence-electron chi connectivity index (χ2n) is 3.53. The van der Waals surface area contributed by atoms with Crippen LogP contribution in [-0.4, -0.2) is 21.0 Å². The van der Waals surface area contributed by atoms with Gasteiger partial charge in [0.05, 0.1) is 5.69 Å². The van der Waals surface area contributed by atoms with Crippen LogP contribution in [0.3, 0.4) is 0 Å². The molecule has 1 N–H and O–H groups in total. The number of ether oxygens (including phenoxy) is 1. The first-order valence-corrected chi connectivity index (χ1v) is 5.18. The number of halogens is 2. The molecule has 0 atom stereocenters. The molecular weight excluding hydrogens is 258 g/mol. The summed E-state index contributed by atoms with van der Waals surface area (Å²) in [4.78, 5) is 18.2. The monoisotopic (exact) mass is 266 g/mol. The first-order valence-electron chi connectivity index (χ1n) is 5.18. The highest BCUT2D eigenvalue weighted by Gasteiger charge is 2.14. The molecule has 0 aliphatic heterocycles. The maximum absolute atomic E-state index is 13.3. The van der Waals surface area contributed by atoms with E-state index < -0.39 is 17.6 Å². The highest BCUT2D eigenvalue weighted by Crippen LogP contribution is 2.20. The average molecular weight is 266 g/mol. The Morgan fingerprint density at radius 3 is 2.89 bits per heavy atom. The van der Waals surface area contributed by atoms with E-state index in [4.69, 9.17) is 9.84 Å². The van der Waals surface area contributed by atoms with Gasteiger partial charge in [0.25, 0.3) is 0 Å². The molecule has 0 radical (unpaired) electrons. The molecule has 5 nitrogen and oxygen atoms in total. The van der Waals surface area contributed by atoms with Crippen molar-refractivity contribution in [3.05, 3.63) is 53.6 Å². The second-order valence-corrected chi connectivity index (χ2v) is 3.53. The molecule has 0 spiro atoms. The number of aromatic carboxylic acids is 1. The van der Waals surface area contributed by atoms with Gasteiger partial charge in [0.15, 0.2) is 11.6 Å². The summed E-state index contributed by atoms with van der Waals surface area (Å²) in [5.41, 5.74) is -0.0783. The Hall–Kier alpha value is -2.57. The van der Waals surface area contributed by atoms with Crippen molar-refractivity contribution in [1.29, 1.82) is 0 Å². The molecule has 7 heteroatoms. The number of carbonyl (C=O) groups is 1. The van der Waals surface area contributed by atoms with E-state index in [2.05, 4.69) is 9.97 Å². The Balaban J connectivity index is 2.19. The van der Waals surface area contributed by atoms with Crippen molar-refractivity contribution in [3.8, 4) is 5.75 Å². The number of carboxylic acids is 1. The molecule has 1 aromatic carbocycles. The van der Waals surface area contributed by atoms with Crippen LogP contribution in [0.4, 0.5) is 8.78 Å². The highest BCUT2D eigenvalue weighted by molar-refractivity contribution is 5.88. The molecule has 0 aliphatic rings. The quantitative estimate of drug-likeness (QED) is 0.916. The third-order valence-electron chi connectivity index (χ3n) is 2.31. The van der Waals surface area contributed by atoms with Gasteiger partial charge >= 0.3 is 5.97 Å². The van der Waals surface area contributed by atoms with Crippen LogP contribution in [0.5, 0.6) is 5.75 Å². The first-order chi connectivity index (χ1) is 9.09. The lowest BCUT2D eigenvalue weighted by molar-refractivity contribution is 0.0692. The zero-order valence-electron chi connectivity index (χ0n) is 9.51. The van der Waals surface area contributed by atoms with Gasteiger partial charge in [0.1, 0.15) is 18.5 Å². The third-order valence-corrected chi connectivity index (χ3v) is 2.31. The fourth-order valence-corrected chi connectivity index (χ4v) is 1.39. The van der Waals surface area contributed by atoms with Gasteiger partial charge in [-0.2, -0.15) is 4.39 Å². The summed E-state index contributed by atoms with van der Waals surface area (Å²) < 4.78 is 31.3. The van der Waals surface area contributed by atoms with Crippen LogP contribution in [0.1, 0.15) is 16.1 Å². The number of carboxylic acid groups (broad SMARTS) is 1. The number of benzene rings is 1. The molecule has 98 valence electrons. The number of rotatable bonds is 4. The second kappa shape index (κ2) is 5.38. The van der Waals surface area contributed by atoms with Crippen molar-refractivity contribution in [2.75, 3.05) is 0 Å². The van der Waals surface area contributed by atoms with Crippen molar-refractivity contribution in [2.24, 2.45) is 0 Å². The zero-order valence-corrected chi connectivity index (χ0v) is 9.51. The molecule has 2 aromatic rings.